The first-order valence-corrected chi connectivity index (χ1v) is 8.05. The normalized spacial score (nSPS) is 15.8. The van der Waals surface area contributed by atoms with E-state index in [1.165, 1.54) is 44.1 Å². The number of hydrogen-bond acceptors (Lipinski definition) is 1. The van der Waals surface area contributed by atoms with Gasteiger partial charge in [0.1, 0.15) is 0 Å². The van der Waals surface area contributed by atoms with Crippen molar-refractivity contribution in [3.05, 3.63) is 34.9 Å². The molecule has 0 saturated carbocycles. The molecule has 19 heavy (non-hydrogen) atoms. The predicted molar refractivity (Wildman–Crippen MR) is 83.6 cm³/mol. The predicted octanol–water partition coefficient (Wildman–Crippen LogP) is 4.65. The second kappa shape index (κ2) is 7.09. The highest BCUT2D eigenvalue weighted by Crippen LogP contribution is 2.28. The minimum absolute atomic E-state index is 0.549. The summed E-state index contributed by atoms with van der Waals surface area (Å²) in [6.45, 7) is 8.01. The molecule has 1 nitrogen and oxygen atoms in total. The first-order chi connectivity index (χ1) is 9.20. The van der Waals surface area contributed by atoms with Crippen LogP contribution in [0.15, 0.2) is 18.2 Å². The third kappa shape index (κ3) is 4.07. The molecule has 0 spiro atoms. The number of fused-ring (bicyclic) bond motifs is 1. The van der Waals surface area contributed by atoms with E-state index in [-0.39, 0.29) is 0 Å². The van der Waals surface area contributed by atoms with Crippen LogP contribution in [0.3, 0.4) is 0 Å². The van der Waals surface area contributed by atoms with Crippen molar-refractivity contribution in [2.45, 2.75) is 65.3 Å². The molecule has 2 rings (SSSR count). The Labute approximate surface area is 118 Å². The van der Waals surface area contributed by atoms with E-state index in [1.54, 1.807) is 11.1 Å². The van der Waals surface area contributed by atoms with Crippen LogP contribution in [-0.2, 0) is 12.8 Å². The smallest absolute Gasteiger partial charge is 0.0320 e. The maximum absolute atomic E-state index is 3.73. The lowest BCUT2D eigenvalue weighted by Crippen LogP contribution is -2.22. The molecule has 1 N–H and O–H groups in total. The zero-order chi connectivity index (χ0) is 13.7. The van der Waals surface area contributed by atoms with Crippen molar-refractivity contribution in [2.75, 3.05) is 6.54 Å². The zero-order valence-electron chi connectivity index (χ0n) is 12.8. The highest BCUT2D eigenvalue weighted by molar-refractivity contribution is 5.36. The summed E-state index contributed by atoms with van der Waals surface area (Å²) in [5.74, 6) is 0.792. The molecule has 0 fully saturated rings. The lowest BCUT2D eigenvalue weighted by molar-refractivity contribution is 0.440. The molecule has 106 valence electrons. The molecule has 1 aromatic carbocycles. The molecule has 1 heteroatoms. The van der Waals surface area contributed by atoms with Crippen molar-refractivity contribution in [1.29, 1.82) is 0 Å². The molecule has 0 amide bonds. The van der Waals surface area contributed by atoms with Gasteiger partial charge in [0, 0.05) is 6.04 Å². The standard InChI is InChI=1S/C18H29N/c1-4-12-19-18(11-8-14(2)3)17-10-9-15-6-5-7-16(15)13-17/h9-10,13-14,18-19H,4-8,11-12H2,1-3H3. The Morgan fingerprint density at radius 2 is 1.89 bits per heavy atom. The molecule has 0 aliphatic heterocycles. The third-order valence-electron chi connectivity index (χ3n) is 4.20. The average Bonchev–Trinajstić information content (AvgIpc) is 2.85. The zero-order valence-corrected chi connectivity index (χ0v) is 12.8. The lowest BCUT2D eigenvalue weighted by atomic mass is 9.95. The maximum Gasteiger partial charge on any atom is 0.0320 e. The van der Waals surface area contributed by atoms with E-state index in [0.29, 0.717) is 6.04 Å². The molecule has 1 aromatic rings. The highest BCUT2D eigenvalue weighted by Gasteiger charge is 2.16. The highest BCUT2D eigenvalue weighted by atomic mass is 14.9. The summed E-state index contributed by atoms with van der Waals surface area (Å²) in [5.41, 5.74) is 4.70. The SMILES string of the molecule is CCCNC(CCC(C)C)c1ccc2c(c1)CCC2. The van der Waals surface area contributed by atoms with Crippen molar-refractivity contribution >= 4 is 0 Å². The molecule has 1 atom stereocenters. The van der Waals surface area contributed by atoms with Gasteiger partial charge in [0.05, 0.1) is 0 Å². The molecule has 0 heterocycles. The Kier molecular flexibility index (Phi) is 5.45. The van der Waals surface area contributed by atoms with Gasteiger partial charge < -0.3 is 5.32 Å². The van der Waals surface area contributed by atoms with Crippen LogP contribution in [0.5, 0.6) is 0 Å². The minimum atomic E-state index is 0.549. The van der Waals surface area contributed by atoms with Crippen LogP contribution in [-0.4, -0.2) is 6.54 Å². The van der Waals surface area contributed by atoms with Gasteiger partial charge in [-0.15, -0.1) is 0 Å². The Bertz CT molecular complexity index is 395. The first-order valence-electron chi connectivity index (χ1n) is 8.05. The first kappa shape index (κ1) is 14.6. The summed E-state index contributed by atoms with van der Waals surface area (Å²) < 4.78 is 0. The summed E-state index contributed by atoms with van der Waals surface area (Å²) in [6, 6.07) is 7.75. The fourth-order valence-electron chi connectivity index (χ4n) is 3.01. The Hall–Kier alpha value is -0.820. The second-order valence-electron chi connectivity index (χ2n) is 6.36. The van der Waals surface area contributed by atoms with Crippen LogP contribution in [0, 0.1) is 5.92 Å². The second-order valence-corrected chi connectivity index (χ2v) is 6.36. The Balaban J connectivity index is 2.07. The van der Waals surface area contributed by atoms with Gasteiger partial charge >= 0.3 is 0 Å². The van der Waals surface area contributed by atoms with E-state index in [9.17, 15) is 0 Å². The summed E-state index contributed by atoms with van der Waals surface area (Å²) in [7, 11) is 0. The summed E-state index contributed by atoms with van der Waals surface area (Å²) >= 11 is 0. The Morgan fingerprint density at radius 1 is 1.11 bits per heavy atom. The lowest BCUT2D eigenvalue weighted by Gasteiger charge is -2.21. The monoisotopic (exact) mass is 259 g/mol. The van der Waals surface area contributed by atoms with Crippen LogP contribution in [0.2, 0.25) is 0 Å². The van der Waals surface area contributed by atoms with E-state index in [0.717, 1.165) is 12.5 Å². The van der Waals surface area contributed by atoms with Gasteiger partial charge in [-0.1, -0.05) is 39.0 Å². The molecule has 0 bridgehead atoms. The number of benzene rings is 1. The van der Waals surface area contributed by atoms with Gasteiger partial charge in [0.25, 0.3) is 0 Å². The topological polar surface area (TPSA) is 12.0 Å². The number of rotatable bonds is 7. The molecule has 0 aromatic heterocycles. The van der Waals surface area contributed by atoms with Crippen LogP contribution < -0.4 is 5.32 Å². The fraction of sp³-hybridized carbons (Fsp3) is 0.667. The van der Waals surface area contributed by atoms with E-state index in [2.05, 4.69) is 44.3 Å². The van der Waals surface area contributed by atoms with Gasteiger partial charge in [-0.2, -0.15) is 0 Å². The summed E-state index contributed by atoms with van der Waals surface area (Å²) in [6.07, 6.45) is 7.69. The van der Waals surface area contributed by atoms with Crippen LogP contribution >= 0.6 is 0 Å². The molecule has 0 radical (unpaired) electrons. The fourth-order valence-corrected chi connectivity index (χ4v) is 3.01. The minimum Gasteiger partial charge on any atom is -0.310 e. The molecular formula is C18H29N. The van der Waals surface area contributed by atoms with Crippen molar-refractivity contribution < 1.29 is 0 Å². The summed E-state index contributed by atoms with van der Waals surface area (Å²) in [5, 5.41) is 3.73. The van der Waals surface area contributed by atoms with Gasteiger partial charge in [0.2, 0.25) is 0 Å². The summed E-state index contributed by atoms with van der Waals surface area (Å²) in [4.78, 5) is 0. The average molecular weight is 259 g/mol. The van der Waals surface area contributed by atoms with Crippen molar-refractivity contribution in [2.24, 2.45) is 5.92 Å². The van der Waals surface area contributed by atoms with Gasteiger partial charge in [-0.3, -0.25) is 0 Å². The van der Waals surface area contributed by atoms with Crippen molar-refractivity contribution in [3.63, 3.8) is 0 Å². The van der Waals surface area contributed by atoms with Gasteiger partial charge in [-0.05, 0) is 67.7 Å². The molecular weight excluding hydrogens is 230 g/mol. The van der Waals surface area contributed by atoms with E-state index in [4.69, 9.17) is 0 Å². The number of hydrogen-bond donors (Lipinski definition) is 1. The molecule has 1 unspecified atom stereocenters. The van der Waals surface area contributed by atoms with Crippen molar-refractivity contribution in [1.82, 2.24) is 5.32 Å². The van der Waals surface area contributed by atoms with Gasteiger partial charge in [-0.25, -0.2) is 0 Å². The van der Waals surface area contributed by atoms with Crippen LogP contribution in [0.4, 0.5) is 0 Å². The van der Waals surface area contributed by atoms with Crippen molar-refractivity contribution in [3.8, 4) is 0 Å². The third-order valence-corrected chi connectivity index (χ3v) is 4.20. The van der Waals surface area contributed by atoms with Gasteiger partial charge in [0.15, 0.2) is 0 Å². The Morgan fingerprint density at radius 3 is 2.63 bits per heavy atom. The van der Waals surface area contributed by atoms with E-state index >= 15 is 0 Å². The molecule has 0 saturated heterocycles. The largest absolute Gasteiger partial charge is 0.310 e. The van der Waals surface area contributed by atoms with Crippen LogP contribution in [0.25, 0.3) is 0 Å². The van der Waals surface area contributed by atoms with E-state index < -0.39 is 0 Å². The maximum atomic E-state index is 3.73. The van der Waals surface area contributed by atoms with E-state index in [1.807, 2.05) is 0 Å². The van der Waals surface area contributed by atoms with Crippen LogP contribution in [0.1, 0.15) is 69.2 Å². The molecule has 1 aliphatic rings. The number of nitrogens with one attached hydrogen (secondary N) is 1. The quantitative estimate of drug-likeness (QED) is 0.751. The number of aryl methyl sites for hydroxylation is 2. The molecule has 1 aliphatic carbocycles.